The van der Waals surface area contributed by atoms with E-state index in [2.05, 4.69) is 5.32 Å². The van der Waals surface area contributed by atoms with Gasteiger partial charge in [0.15, 0.2) is 5.78 Å². The fourth-order valence-corrected chi connectivity index (χ4v) is 6.57. The zero-order chi connectivity index (χ0) is 18.8. The van der Waals surface area contributed by atoms with Crippen molar-refractivity contribution in [2.45, 2.75) is 51.0 Å². The fraction of sp³-hybridized carbons (Fsp3) is 0.591. The van der Waals surface area contributed by atoms with Gasteiger partial charge in [0.25, 0.3) is 5.91 Å². The maximum absolute atomic E-state index is 13.3. The van der Waals surface area contributed by atoms with Crippen LogP contribution in [0.2, 0.25) is 0 Å². The van der Waals surface area contributed by atoms with Crippen molar-refractivity contribution in [2.75, 3.05) is 6.54 Å². The summed E-state index contributed by atoms with van der Waals surface area (Å²) in [6.45, 7) is 1.64. The summed E-state index contributed by atoms with van der Waals surface area (Å²) in [4.78, 5) is 40.1. The SMILES string of the molecule is C[C@@]1(c2ccccc2)NC(=O)N(CC(=O)C23CC4CC(CC(C4)C2)C3)C1=O. The molecule has 4 bridgehead atoms. The molecule has 3 amide bonds. The third-order valence-electron chi connectivity index (χ3n) is 7.56. The molecule has 0 spiro atoms. The van der Waals surface area contributed by atoms with Crippen molar-refractivity contribution in [1.29, 1.82) is 0 Å². The Morgan fingerprint density at radius 2 is 1.59 bits per heavy atom. The quantitative estimate of drug-likeness (QED) is 0.832. The summed E-state index contributed by atoms with van der Waals surface area (Å²) in [6.07, 6.45) is 6.66. The molecule has 1 aromatic rings. The van der Waals surface area contributed by atoms with E-state index in [0.717, 1.165) is 29.7 Å². The first-order valence-corrected chi connectivity index (χ1v) is 10.1. The number of hydrogen-bond acceptors (Lipinski definition) is 3. The van der Waals surface area contributed by atoms with E-state index in [0.29, 0.717) is 17.8 Å². The van der Waals surface area contributed by atoms with Crippen molar-refractivity contribution < 1.29 is 14.4 Å². The standard InChI is InChI=1S/C22H26N2O3/c1-21(17-5-3-2-4-6-17)19(26)24(20(27)23-21)13-18(25)22-10-14-7-15(11-22)9-16(8-14)12-22/h2-6,14-16H,7-13H2,1H3,(H,23,27)/t14?,15?,16?,21-,22?/m0/s1. The second-order valence-electron chi connectivity index (χ2n) is 9.43. The molecule has 1 atom stereocenters. The van der Waals surface area contributed by atoms with Crippen LogP contribution < -0.4 is 5.32 Å². The summed E-state index contributed by atoms with van der Waals surface area (Å²) in [7, 11) is 0. The van der Waals surface area contributed by atoms with Gasteiger partial charge < -0.3 is 5.32 Å². The summed E-state index contributed by atoms with van der Waals surface area (Å²) in [5, 5.41) is 2.81. The Bertz CT molecular complexity index is 783. The van der Waals surface area contributed by atoms with E-state index in [4.69, 9.17) is 0 Å². The number of ketones is 1. The van der Waals surface area contributed by atoms with Gasteiger partial charge in [0.2, 0.25) is 0 Å². The maximum atomic E-state index is 13.3. The zero-order valence-corrected chi connectivity index (χ0v) is 15.7. The molecule has 4 saturated carbocycles. The lowest BCUT2D eigenvalue weighted by atomic mass is 9.48. The molecule has 0 unspecified atom stereocenters. The Balaban J connectivity index is 1.37. The van der Waals surface area contributed by atoms with E-state index in [1.54, 1.807) is 6.92 Å². The number of carbonyl (C=O) groups excluding carboxylic acids is 3. The van der Waals surface area contributed by atoms with Crippen molar-refractivity contribution in [1.82, 2.24) is 10.2 Å². The third kappa shape index (κ3) is 2.47. The molecule has 1 heterocycles. The molecule has 0 radical (unpaired) electrons. The van der Waals surface area contributed by atoms with Gasteiger partial charge in [-0.2, -0.15) is 0 Å². The molecule has 1 aliphatic heterocycles. The highest BCUT2D eigenvalue weighted by atomic mass is 16.2. The fourth-order valence-electron chi connectivity index (χ4n) is 6.57. The molecule has 5 nitrogen and oxygen atoms in total. The van der Waals surface area contributed by atoms with Crippen LogP contribution in [0.15, 0.2) is 30.3 Å². The van der Waals surface area contributed by atoms with E-state index >= 15 is 0 Å². The minimum absolute atomic E-state index is 0.0841. The van der Waals surface area contributed by atoms with Crippen molar-refractivity contribution in [3.63, 3.8) is 0 Å². The third-order valence-corrected chi connectivity index (χ3v) is 7.56. The van der Waals surface area contributed by atoms with Crippen LogP contribution in [0.3, 0.4) is 0 Å². The number of Topliss-reactive ketones (excluding diaryl/α,β-unsaturated/α-hetero) is 1. The van der Waals surface area contributed by atoms with Crippen LogP contribution in [-0.4, -0.2) is 29.2 Å². The molecule has 5 aliphatic rings. The van der Waals surface area contributed by atoms with E-state index < -0.39 is 11.6 Å². The molecule has 4 aliphatic carbocycles. The average Bonchev–Trinajstić information content (AvgIpc) is 2.85. The molecule has 27 heavy (non-hydrogen) atoms. The van der Waals surface area contributed by atoms with Crippen molar-refractivity contribution in [3.8, 4) is 0 Å². The lowest BCUT2D eigenvalue weighted by Gasteiger charge is -2.56. The van der Waals surface area contributed by atoms with Crippen LogP contribution in [0, 0.1) is 23.2 Å². The Kier molecular flexibility index (Phi) is 3.56. The number of hydrogen-bond donors (Lipinski definition) is 1. The summed E-state index contributed by atoms with van der Waals surface area (Å²) in [6, 6.07) is 8.80. The second kappa shape index (κ2) is 5.66. The Morgan fingerprint density at radius 3 is 2.15 bits per heavy atom. The second-order valence-corrected chi connectivity index (χ2v) is 9.43. The van der Waals surface area contributed by atoms with Crippen LogP contribution in [0.25, 0.3) is 0 Å². The molecule has 5 fully saturated rings. The Hall–Kier alpha value is -2.17. The first-order chi connectivity index (χ1) is 12.9. The van der Waals surface area contributed by atoms with Crippen LogP contribution in [0.1, 0.15) is 51.0 Å². The number of nitrogens with zero attached hydrogens (tertiary/aromatic N) is 1. The maximum Gasteiger partial charge on any atom is 0.325 e. The minimum atomic E-state index is -1.10. The lowest BCUT2D eigenvalue weighted by Crippen LogP contribution is -2.53. The van der Waals surface area contributed by atoms with Gasteiger partial charge in [0.1, 0.15) is 5.54 Å². The first kappa shape index (κ1) is 17.0. The summed E-state index contributed by atoms with van der Waals surface area (Å²) in [5.41, 5.74) is -0.644. The van der Waals surface area contributed by atoms with Gasteiger partial charge in [-0.25, -0.2) is 4.79 Å². The number of carbonyl (C=O) groups is 3. The van der Waals surface area contributed by atoms with Gasteiger partial charge in [-0.05, 0) is 68.8 Å². The van der Waals surface area contributed by atoms with Crippen LogP contribution >= 0.6 is 0 Å². The predicted octanol–water partition coefficient (Wildman–Crippen LogP) is 3.24. The van der Waals surface area contributed by atoms with Gasteiger partial charge in [-0.15, -0.1) is 0 Å². The normalized spacial score (nSPS) is 39.7. The number of amides is 3. The van der Waals surface area contributed by atoms with E-state index in [-0.39, 0.29) is 23.7 Å². The molecule has 6 rings (SSSR count). The molecular weight excluding hydrogens is 340 g/mol. The minimum Gasteiger partial charge on any atom is -0.319 e. The number of rotatable bonds is 4. The van der Waals surface area contributed by atoms with E-state index in [1.807, 2.05) is 30.3 Å². The summed E-state index contributed by atoms with van der Waals surface area (Å²) >= 11 is 0. The zero-order valence-electron chi connectivity index (χ0n) is 15.7. The largest absolute Gasteiger partial charge is 0.325 e. The number of urea groups is 1. The average molecular weight is 366 g/mol. The van der Waals surface area contributed by atoms with Gasteiger partial charge in [0, 0.05) is 5.41 Å². The van der Waals surface area contributed by atoms with Crippen LogP contribution in [0.4, 0.5) is 4.79 Å². The van der Waals surface area contributed by atoms with Crippen LogP contribution in [0.5, 0.6) is 0 Å². The van der Waals surface area contributed by atoms with Gasteiger partial charge >= 0.3 is 6.03 Å². The number of benzene rings is 1. The Labute approximate surface area is 159 Å². The van der Waals surface area contributed by atoms with Crippen molar-refractivity contribution in [2.24, 2.45) is 23.2 Å². The molecule has 1 N–H and O–H groups in total. The van der Waals surface area contributed by atoms with Crippen LogP contribution in [-0.2, 0) is 15.1 Å². The van der Waals surface area contributed by atoms with Crippen molar-refractivity contribution >= 4 is 17.7 Å². The molecule has 1 aromatic carbocycles. The van der Waals surface area contributed by atoms with Crippen molar-refractivity contribution in [3.05, 3.63) is 35.9 Å². The number of imide groups is 1. The molecule has 5 heteroatoms. The van der Waals surface area contributed by atoms with E-state index in [1.165, 1.54) is 19.3 Å². The summed E-state index contributed by atoms with van der Waals surface area (Å²) < 4.78 is 0. The molecular formula is C22H26N2O3. The lowest BCUT2D eigenvalue weighted by molar-refractivity contribution is -0.147. The monoisotopic (exact) mass is 366 g/mol. The van der Waals surface area contributed by atoms with Gasteiger partial charge in [-0.1, -0.05) is 30.3 Å². The topological polar surface area (TPSA) is 66.5 Å². The first-order valence-electron chi connectivity index (χ1n) is 10.1. The summed E-state index contributed by atoms with van der Waals surface area (Å²) in [5.74, 6) is 1.77. The highest BCUT2D eigenvalue weighted by Gasteiger charge is 2.56. The van der Waals surface area contributed by atoms with Gasteiger partial charge in [0.05, 0.1) is 6.54 Å². The highest BCUT2D eigenvalue weighted by Crippen LogP contribution is 2.60. The molecule has 0 aromatic heterocycles. The highest BCUT2D eigenvalue weighted by molar-refractivity contribution is 6.09. The predicted molar refractivity (Wildman–Crippen MR) is 99.7 cm³/mol. The smallest absolute Gasteiger partial charge is 0.319 e. The number of nitrogens with one attached hydrogen (secondary N) is 1. The van der Waals surface area contributed by atoms with E-state index in [9.17, 15) is 14.4 Å². The molecule has 142 valence electrons. The Morgan fingerprint density at radius 1 is 1.04 bits per heavy atom. The van der Waals surface area contributed by atoms with Gasteiger partial charge in [-0.3, -0.25) is 14.5 Å². The molecule has 1 saturated heterocycles.